The number of ether oxygens (including phenoxy) is 1. The standard InChI is InChI=1S/C14H21NO3/c1-11(10-14(17)15-8-3-9-16)12-4-6-13(18-2)7-5-12/h4-7,11,16H,3,8-10H2,1-2H3,(H,15,17). The van der Waals surface area contributed by atoms with Crippen molar-refractivity contribution in [2.24, 2.45) is 0 Å². The molecule has 0 spiro atoms. The van der Waals surface area contributed by atoms with Crippen LogP contribution < -0.4 is 10.1 Å². The van der Waals surface area contributed by atoms with E-state index in [9.17, 15) is 4.79 Å². The van der Waals surface area contributed by atoms with Crippen LogP contribution in [0.4, 0.5) is 0 Å². The van der Waals surface area contributed by atoms with Crippen molar-refractivity contribution in [1.29, 1.82) is 0 Å². The number of methoxy groups -OCH3 is 1. The summed E-state index contributed by atoms with van der Waals surface area (Å²) in [5.74, 6) is 1.01. The van der Waals surface area contributed by atoms with Crippen LogP contribution in [0.15, 0.2) is 24.3 Å². The zero-order valence-electron chi connectivity index (χ0n) is 11.0. The van der Waals surface area contributed by atoms with E-state index >= 15 is 0 Å². The van der Waals surface area contributed by atoms with Crippen LogP contribution in [-0.4, -0.2) is 31.3 Å². The summed E-state index contributed by atoms with van der Waals surface area (Å²) in [5.41, 5.74) is 1.12. The molecule has 0 saturated heterocycles. The lowest BCUT2D eigenvalue weighted by Gasteiger charge is -2.12. The van der Waals surface area contributed by atoms with Gasteiger partial charge in [-0.3, -0.25) is 4.79 Å². The molecule has 0 aliphatic rings. The molecule has 1 amide bonds. The Hall–Kier alpha value is -1.55. The molecule has 0 bridgehead atoms. The van der Waals surface area contributed by atoms with Gasteiger partial charge in [-0.25, -0.2) is 0 Å². The van der Waals surface area contributed by atoms with Gasteiger partial charge in [-0.2, -0.15) is 0 Å². The molecule has 1 aromatic rings. The van der Waals surface area contributed by atoms with Crippen molar-refractivity contribution in [3.63, 3.8) is 0 Å². The summed E-state index contributed by atoms with van der Waals surface area (Å²) < 4.78 is 5.09. The molecule has 2 N–H and O–H groups in total. The highest BCUT2D eigenvalue weighted by molar-refractivity contribution is 5.76. The highest BCUT2D eigenvalue weighted by atomic mass is 16.5. The van der Waals surface area contributed by atoms with Crippen LogP contribution in [0.1, 0.15) is 31.2 Å². The molecule has 1 rings (SSSR count). The van der Waals surface area contributed by atoms with Crippen molar-refractivity contribution >= 4 is 5.91 Å². The number of benzene rings is 1. The quantitative estimate of drug-likeness (QED) is 0.725. The maximum Gasteiger partial charge on any atom is 0.220 e. The van der Waals surface area contributed by atoms with Crippen LogP contribution in [0, 0.1) is 0 Å². The smallest absolute Gasteiger partial charge is 0.220 e. The lowest BCUT2D eigenvalue weighted by Crippen LogP contribution is -2.26. The van der Waals surface area contributed by atoms with Gasteiger partial charge in [0.2, 0.25) is 5.91 Å². The summed E-state index contributed by atoms with van der Waals surface area (Å²) in [7, 11) is 1.63. The van der Waals surface area contributed by atoms with Gasteiger partial charge >= 0.3 is 0 Å². The predicted molar refractivity (Wildman–Crippen MR) is 70.7 cm³/mol. The molecule has 1 atom stereocenters. The molecule has 1 aromatic carbocycles. The van der Waals surface area contributed by atoms with Crippen molar-refractivity contribution in [1.82, 2.24) is 5.32 Å². The Morgan fingerprint density at radius 2 is 2.06 bits per heavy atom. The van der Waals surface area contributed by atoms with Crippen LogP contribution >= 0.6 is 0 Å². The average molecular weight is 251 g/mol. The van der Waals surface area contributed by atoms with Gasteiger partial charge in [0.05, 0.1) is 7.11 Å². The first-order valence-corrected chi connectivity index (χ1v) is 6.19. The first kappa shape index (κ1) is 14.5. The van der Waals surface area contributed by atoms with Gasteiger partial charge in [0.15, 0.2) is 0 Å². The Bertz CT molecular complexity index is 362. The van der Waals surface area contributed by atoms with Crippen molar-refractivity contribution in [3.8, 4) is 5.75 Å². The van der Waals surface area contributed by atoms with Crippen molar-refractivity contribution in [3.05, 3.63) is 29.8 Å². The van der Waals surface area contributed by atoms with Crippen LogP contribution in [0.25, 0.3) is 0 Å². The van der Waals surface area contributed by atoms with E-state index in [1.54, 1.807) is 7.11 Å². The minimum absolute atomic E-state index is 0.0202. The van der Waals surface area contributed by atoms with Gasteiger partial charge in [0.1, 0.15) is 5.75 Å². The molecule has 4 nitrogen and oxygen atoms in total. The van der Waals surface area contributed by atoms with Crippen molar-refractivity contribution in [2.45, 2.75) is 25.7 Å². The van der Waals surface area contributed by atoms with E-state index < -0.39 is 0 Å². The van der Waals surface area contributed by atoms with Crippen LogP contribution in [0.5, 0.6) is 5.75 Å². The van der Waals surface area contributed by atoms with E-state index in [1.807, 2.05) is 31.2 Å². The van der Waals surface area contributed by atoms with Gasteiger partial charge in [0.25, 0.3) is 0 Å². The molecular weight excluding hydrogens is 230 g/mol. The third-order valence-electron chi connectivity index (χ3n) is 2.83. The number of rotatable bonds is 7. The zero-order chi connectivity index (χ0) is 13.4. The third kappa shape index (κ3) is 4.75. The fourth-order valence-electron chi connectivity index (χ4n) is 1.71. The normalized spacial score (nSPS) is 11.9. The first-order valence-electron chi connectivity index (χ1n) is 6.19. The highest BCUT2D eigenvalue weighted by Gasteiger charge is 2.10. The van der Waals surface area contributed by atoms with Crippen LogP contribution in [0.2, 0.25) is 0 Å². The van der Waals surface area contributed by atoms with Gasteiger partial charge in [-0.15, -0.1) is 0 Å². The highest BCUT2D eigenvalue weighted by Crippen LogP contribution is 2.21. The van der Waals surface area contributed by atoms with Crippen molar-refractivity contribution < 1.29 is 14.6 Å². The Morgan fingerprint density at radius 1 is 1.39 bits per heavy atom. The second-order valence-electron chi connectivity index (χ2n) is 4.31. The fourth-order valence-corrected chi connectivity index (χ4v) is 1.71. The maximum atomic E-state index is 11.6. The summed E-state index contributed by atoms with van der Waals surface area (Å²) >= 11 is 0. The average Bonchev–Trinajstić information content (AvgIpc) is 2.39. The lowest BCUT2D eigenvalue weighted by atomic mass is 9.97. The molecule has 0 saturated carbocycles. The number of amides is 1. The number of aliphatic hydroxyl groups is 1. The Kier molecular flexibility index (Phi) is 6.22. The van der Waals surface area contributed by atoms with E-state index in [1.165, 1.54) is 0 Å². The maximum absolute atomic E-state index is 11.6. The topological polar surface area (TPSA) is 58.6 Å². The van der Waals surface area contributed by atoms with Crippen LogP contribution in [-0.2, 0) is 4.79 Å². The molecule has 4 heteroatoms. The van der Waals surface area contributed by atoms with E-state index in [4.69, 9.17) is 9.84 Å². The molecule has 1 unspecified atom stereocenters. The summed E-state index contributed by atoms with van der Waals surface area (Å²) in [6.07, 6.45) is 1.06. The molecule has 0 aliphatic carbocycles. The minimum atomic E-state index is 0.0202. The van der Waals surface area contributed by atoms with E-state index in [2.05, 4.69) is 5.32 Å². The summed E-state index contributed by atoms with van der Waals surface area (Å²) in [4.78, 5) is 11.6. The third-order valence-corrected chi connectivity index (χ3v) is 2.83. The number of hydrogen-bond acceptors (Lipinski definition) is 3. The SMILES string of the molecule is COc1ccc(C(C)CC(=O)NCCCO)cc1. The van der Waals surface area contributed by atoms with E-state index in [-0.39, 0.29) is 18.4 Å². The minimum Gasteiger partial charge on any atom is -0.497 e. The Morgan fingerprint density at radius 3 is 2.61 bits per heavy atom. The van der Waals surface area contributed by atoms with Gasteiger partial charge in [-0.05, 0) is 30.0 Å². The van der Waals surface area contributed by atoms with Gasteiger partial charge in [-0.1, -0.05) is 19.1 Å². The molecule has 18 heavy (non-hydrogen) atoms. The number of carbonyl (C=O) groups is 1. The molecule has 0 aromatic heterocycles. The monoisotopic (exact) mass is 251 g/mol. The fraction of sp³-hybridized carbons (Fsp3) is 0.500. The lowest BCUT2D eigenvalue weighted by molar-refractivity contribution is -0.121. The van der Waals surface area contributed by atoms with Crippen molar-refractivity contribution in [2.75, 3.05) is 20.3 Å². The molecule has 0 radical (unpaired) electrons. The second-order valence-corrected chi connectivity index (χ2v) is 4.31. The van der Waals surface area contributed by atoms with Gasteiger partial charge < -0.3 is 15.2 Å². The summed E-state index contributed by atoms with van der Waals surface area (Å²) in [6.45, 7) is 2.66. The summed E-state index contributed by atoms with van der Waals surface area (Å²) in [5, 5.41) is 11.4. The Balaban J connectivity index is 2.43. The zero-order valence-corrected chi connectivity index (χ0v) is 11.0. The van der Waals surface area contributed by atoms with Gasteiger partial charge in [0, 0.05) is 19.6 Å². The molecule has 0 heterocycles. The first-order chi connectivity index (χ1) is 8.67. The molecule has 0 aliphatic heterocycles. The van der Waals surface area contributed by atoms with E-state index in [0.717, 1.165) is 11.3 Å². The number of nitrogens with one attached hydrogen (secondary N) is 1. The molecule has 100 valence electrons. The number of aliphatic hydroxyl groups excluding tert-OH is 1. The van der Waals surface area contributed by atoms with E-state index in [0.29, 0.717) is 19.4 Å². The number of hydrogen-bond donors (Lipinski definition) is 2. The Labute approximate surface area is 108 Å². The number of carbonyl (C=O) groups excluding carboxylic acids is 1. The van der Waals surface area contributed by atoms with Crippen LogP contribution in [0.3, 0.4) is 0 Å². The second kappa shape index (κ2) is 7.71. The largest absolute Gasteiger partial charge is 0.497 e. The molecular formula is C14H21NO3. The predicted octanol–water partition coefficient (Wildman–Crippen LogP) is 1.69. The summed E-state index contributed by atoms with van der Waals surface area (Å²) in [6, 6.07) is 7.75. The molecule has 0 fully saturated rings.